The second-order valence-electron chi connectivity index (χ2n) is 5.20. The lowest BCUT2D eigenvalue weighted by Crippen LogP contribution is -2.29. The Morgan fingerprint density at radius 2 is 1.75 bits per heavy atom. The fourth-order valence-corrected chi connectivity index (χ4v) is 2.66. The molecular formula is C17H18N2O. The second kappa shape index (κ2) is 5.37. The van der Waals surface area contributed by atoms with Gasteiger partial charge < -0.3 is 10.6 Å². The van der Waals surface area contributed by atoms with Crippen LogP contribution in [0.25, 0.3) is 0 Å². The molecule has 3 nitrogen and oxygen atoms in total. The summed E-state index contributed by atoms with van der Waals surface area (Å²) in [6.07, 6.45) is 2.51. The molecule has 3 heteroatoms. The second-order valence-corrected chi connectivity index (χ2v) is 5.20. The van der Waals surface area contributed by atoms with Crippen molar-refractivity contribution in [3.63, 3.8) is 0 Å². The minimum Gasteiger partial charge on any atom is -0.399 e. The topological polar surface area (TPSA) is 46.3 Å². The van der Waals surface area contributed by atoms with E-state index in [1.54, 1.807) is 0 Å². The van der Waals surface area contributed by atoms with Crippen LogP contribution in [-0.2, 0) is 17.8 Å². The van der Waals surface area contributed by atoms with Gasteiger partial charge in [0.1, 0.15) is 0 Å². The molecule has 20 heavy (non-hydrogen) atoms. The third kappa shape index (κ3) is 2.52. The molecule has 0 aliphatic carbocycles. The maximum absolute atomic E-state index is 12.3. The van der Waals surface area contributed by atoms with Crippen LogP contribution in [-0.4, -0.2) is 5.91 Å². The highest BCUT2D eigenvalue weighted by atomic mass is 16.2. The number of carbonyl (C=O) groups is 1. The average molecular weight is 266 g/mol. The molecular weight excluding hydrogens is 248 g/mol. The average Bonchev–Trinajstić information content (AvgIpc) is 2.62. The van der Waals surface area contributed by atoms with Gasteiger partial charge in [-0.25, -0.2) is 0 Å². The van der Waals surface area contributed by atoms with Gasteiger partial charge in [-0.2, -0.15) is 0 Å². The Hall–Kier alpha value is -2.29. The molecule has 0 saturated heterocycles. The van der Waals surface area contributed by atoms with Crippen molar-refractivity contribution < 1.29 is 4.79 Å². The third-order valence-electron chi connectivity index (χ3n) is 3.74. The van der Waals surface area contributed by atoms with Gasteiger partial charge in [-0.15, -0.1) is 0 Å². The van der Waals surface area contributed by atoms with Gasteiger partial charge >= 0.3 is 0 Å². The van der Waals surface area contributed by atoms with Crippen molar-refractivity contribution in [2.45, 2.75) is 25.8 Å². The number of nitrogens with zero attached hydrogens (tertiary/aromatic N) is 1. The number of anilines is 2. The molecule has 0 radical (unpaired) electrons. The van der Waals surface area contributed by atoms with Gasteiger partial charge in [0.2, 0.25) is 5.91 Å². The summed E-state index contributed by atoms with van der Waals surface area (Å²) in [6.45, 7) is 0.607. The molecule has 2 aromatic rings. The van der Waals surface area contributed by atoms with E-state index in [0.717, 1.165) is 29.8 Å². The van der Waals surface area contributed by atoms with Gasteiger partial charge in [0.25, 0.3) is 0 Å². The molecule has 0 aromatic heterocycles. The lowest BCUT2D eigenvalue weighted by molar-refractivity contribution is -0.118. The van der Waals surface area contributed by atoms with E-state index in [9.17, 15) is 4.79 Å². The summed E-state index contributed by atoms with van der Waals surface area (Å²) < 4.78 is 0. The monoisotopic (exact) mass is 266 g/mol. The lowest BCUT2D eigenvalue weighted by atomic mass is 10.1. The number of carbonyl (C=O) groups excluding carboxylic acids is 1. The number of hydrogen-bond donors (Lipinski definition) is 1. The summed E-state index contributed by atoms with van der Waals surface area (Å²) in [5, 5.41) is 0. The number of amides is 1. The smallest absolute Gasteiger partial charge is 0.227 e. The van der Waals surface area contributed by atoms with E-state index in [0.29, 0.717) is 13.0 Å². The Bertz CT molecular complexity index is 619. The Kier molecular flexibility index (Phi) is 3.42. The number of para-hydroxylation sites is 1. The molecule has 1 aliphatic rings. The van der Waals surface area contributed by atoms with Crippen LogP contribution < -0.4 is 10.6 Å². The predicted molar refractivity (Wildman–Crippen MR) is 81.4 cm³/mol. The Morgan fingerprint density at radius 1 is 1.00 bits per heavy atom. The van der Waals surface area contributed by atoms with Crippen LogP contribution in [0.4, 0.5) is 11.4 Å². The third-order valence-corrected chi connectivity index (χ3v) is 3.74. The zero-order valence-electron chi connectivity index (χ0n) is 11.4. The molecule has 102 valence electrons. The van der Waals surface area contributed by atoms with Crippen molar-refractivity contribution in [1.82, 2.24) is 0 Å². The van der Waals surface area contributed by atoms with E-state index in [1.807, 2.05) is 47.4 Å². The highest BCUT2D eigenvalue weighted by Gasteiger charge is 2.21. The number of rotatable bonds is 2. The van der Waals surface area contributed by atoms with Gasteiger partial charge in [0.15, 0.2) is 0 Å². The Labute approximate surface area is 119 Å². The quantitative estimate of drug-likeness (QED) is 0.849. The molecule has 0 fully saturated rings. The number of hydrogen-bond acceptors (Lipinski definition) is 2. The zero-order chi connectivity index (χ0) is 13.9. The molecule has 0 spiro atoms. The van der Waals surface area contributed by atoms with Crippen molar-refractivity contribution in [2.24, 2.45) is 0 Å². The largest absolute Gasteiger partial charge is 0.399 e. The highest BCUT2D eigenvalue weighted by molar-refractivity contribution is 5.94. The van der Waals surface area contributed by atoms with Crippen LogP contribution in [0.2, 0.25) is 0 Å². The Balaban J connectivity index is 1.94. The summed E-state index contributed by atoms with van der Waals surface area (Å²) in [4.78, 5) is 14.2. The Morgan fingerprint density at radius 3 is 2.55 bits per heavy atom. The summed E-state index contributed by atoms with van der Waals surface area (Å²) >= 11 is 0. The zero-order valence-corrected chi connectivity index (χ0v) is 11.4. The first-order valence-corrected chi connectivity index (χ1v) is 6.97. The van der Waals surface area contributed by atoms with E-state index in [-0.39, 0.29) is 5.91 Å². The minimum atomic E-state index is 0.201. The van der Waals surface area contributed by atoms with Crippen molar-refractivity contribution in [2.75, 3.05) is 10.6 Å². The molecule has 1 heterocycles. The fourth-order valence-electron chi connectivity index (χ4n) is 2.66. The lowest BCUT2D eigenvalue weighted by Gasteiger charge is -2.23. The molecule has 3 rings (SSSR count). The van der Waals surface area contributed by atoms with Crippen LogP contribution in [0.15, 0.2) is 48.5 Å². The van der Waals surface area contributed by atoms with E-state index in [1.165, 1.54) is 5.56 Å². The minimum absolute atomic E-state index is 0.201. The van der Waals surface area contributed by atoms with E-state index < -0.39 is 0 Å². The standard InChI is InChI=1S/C17H18N2O/c18-15-10-8-13(9-11-15)12-19-16-6-2-1-4-14(16)5-3-7-17(19)20/h1-2,4,6,8-11H,3,5,7,12,18H2. The fraction of sp³-hybridized carbons (Fsp3) is 0.235. The maximum Gasteiger partial charge on any atom is 0.227 e. The van der Waals surface area contributed by atoms with E-state index in [4.69, 9.17) is 5.73 Å². The number of fused-ring (bicyclic) bond motifs is 1. The highest BCUT2D eigenvalue weighted by Crippen LogP contribution is 2.28. The number of nitrogen functional groups attached to an aromatic ring is 1. The van der Waals surface area contributed by atoms with Gasteiger partial charge in [-0.1, -0.05) is 30.3 Å². The summed E-state index contributed by atoms with van der Waals surface area (Å²) in [5.74, 6) is 0.201. The van der Waals surface area contributed by atoms with Crippen molar-refractivity contribution >= 4 is 17.3 Å². The number of aryl methyl sites for hydroxylation is 1. The van der Waals surface area contributed by atoms with Crippen molar-refractivity contribution in [3.8, 4) is 0 Å². The van der Waals surface area contributed by atoms with Crippen molar-refractivity contribution in [3.05, 3.63) is 59.7 Å². The van der Waals surface area contributed by atoms with Crippen LogP contribution >= 0.6 is 0 Å². The van der Waals surface area contributed by atoms with Gasteiger partial charge in [-0.05, 0) is 42.2 Å². The van der Waals surface area contributed by atoms with Crippen LogP contribution in [0, 0.1) is 0 Å². The first kappa shape index (κ1) is 12.7. The maximum atomic E-state index is 12.3. The first-order chi connectivity index (χ1) is 9.74. The molecule has 0 atom stereocenters. The van der Waals surface area contributed by atoms with Crippen LogP contribution in [0.1, 0.15) is 24.0 Å². The molecule has 2 N–H and O–H groups in total. The molecule has 2 aromatic carbocycles. The van der Waals surface area contributed by atoms with Crippen LogP contribution in [0.5, 0.6) is 0 Å². The molecule has 0 bridgehead atoms. The number of benzene rings is 2. The van der Waals surface area contributed by atoms with Crippen molar-refractivity contribution in [1.29, 1.82) is 0 Å². The van der Waals surface area contributed by atoms with Gasteiger partial charge in [0.05, 0.1) is 6.54 Å². The molecule has 1 amide bonds. The molecule has 0 saturated carbocycles. The van der Waals surface area contributed by atoms with Gasteiger partial charge in [0, 0.05) is 17.8 Å². The first-order valence-electron chi connectivity index (χ1n) is 6.97. The van der Waals surface area contributed by atoms with E-state index >= 15 is 0 Å². The van der Waals surface area contributed by atoms with Crippen LogP contribution in [0.3, 0.4) is 0 Å². The summed E-state index contributed by atoms with van der Waals surface area (Å²) in [5.41, 5.74) is 9.86. The van der Waals surface area contributed by atoms with Gasteiger partial charge in [-0.3, -0.25) is 4.79 Å². The molecule has 0 unspecified atom stereocenters. The molecule has 1 aliphatic heterocycles. The van der Waals surface area contributed by atoms with E-state index in [2.05, 4.69) is 6.07 Å². The predicted octanol–water partition coefficient (Wildman–Crippen LogP) is 3.14. The summed E-state index contributed by atoms with van der Waals surface area (Å²) in [6, 6.07) is 15.9. The normalized spacial score (nSPS) is 14.8. The number of nitrogens with two attached hydrogens (primary N) is 1. The summed E-state index contributed by atoms with van der Waals surface area (Å²) in [7, 11) is 0. The SMILES string of the molecule is Nc1ccc(CN2C(=O)CCCc3ccccc32)cc1.